The van der Waals surface area contributed by atoms with Crippen LogP contribution in [0.2, 0.25) is 10.0 Å². The van der Waals surface area contributed by atoms with E-state index in [-0.39, 0.29) is 29.3 Å². The smallest absolute Gasteiger partial charge is 0.146 e. The van der Waals surface area contributed by atoms with Crippen LogP contribution in [0, 0.1) is 71.6 Å². The average Bonchev–Trinajstić information content (AvgIpc) is 0.872. The minimum Gasteiger partial charge on any atom is -0.383 e. The van der Waals surface area contributed by atoms with Crippen molar-refractivity contribution in [2.75, 3.05) is 70.4 Å². The maximum absolute atomic E-state index is 13.9. The highest BCUT2D eigenvalue weighted by atomic mass is 35.5. The number of nitrogens with one attached hydrogen (secondary N) is 2. The fourth-order valence-electron chi connectivity index (χ4n) is 11.8. The van der Waals surface area contributed by atoms with E-state index in [9.17, 15) is 17.6 Å². The summed E-state index contributed by atoms with van der Waals surface area (Å²) < 4.78 is 54.9. The lowest BCUT2D eigenvalue weighted by Crippen LogP contribution is -2.26. The number of benzene rings is 7. The molecule has 0 saturated carbocycles. The van der Waals surface area contributed by atoms with Gasteiger partial charge in [0.15, 0.2) is 0 Å². The van der Waals surface area contributed by atoms with Crippen LogP contribution in [0.15, 0.2) is 127 Å². The van der Waals surface area contributed by atoms with Crippen LogP contribution in [0.3, 0.4) is 0 Å². The Labute approximate surface area is 681 Å². The minimum absolute atomic E-state index is 0.0845. The summed E-state index contributed by atoms with van der Waals surface area (Å²) in [5, 5.41) is 8.01. The van der Waals surface area contributed by atoms with Crippen molar-refractivity contribution in [2.24, 2.45) is 41.4 Å². The zero-order chi connectivity index (χ0) is 84.3. The lowest BCUT2D eigenvalue weighted by molar-refractivity contribution is 0.573. The van der Waals surface area contributed by atoms with Gasteiger partial charge in [-0.3, -0.25) is 0 Å². The van der Waals surface area contributed by atoms with Gasteiger partial charge >= 0.3 is 0 Å². The molecule has 7 nitrogen and oxygen atoms in total. The number of rotatable bonds is 28. The Kier molecular flexibility index (Phi) is 47.3. The van der Waals surface area contributed by atoms with Crippen LogP contribution < -0.4 is 35.1 Å². The van der Waals surface area contributed by atoms with Crippen molar-refractivity contribution >= 4 is 63.0 Å². The Balaban J connectivity index is 0.000000642. The van der Waals surface area contributed by atoms with E-state index in [0.717, 1.165) is 93.8 Å². The second-order valence-corrected chi connectivity index (χ2v) is 36.0. The van der Waals surface area contributed by atoms with Crippen molar-refractivity contribution in [3.8, 4) is 0 Å². The summed E-state index contributed by atoms with van der Waals surface area (Å²) in [7, 11) is 10.3. The third-order valence-corrected chi connectivity index (χ3v) is 19.3. The van der Waals surface area contributed by atoms with Gasteiger partial charge in [-0.25, -0.2) is 17.6 Å². The first kappa shape index (κ1) is 101. The number of anilines is 7. The van der Waals surface area contributed by atoms with Gasteiger partial charge in [-0.1, -0.05) is 169 Å². The van der Waals surface area contributed by atoms with E-state index >= 15 is 0 Å². The largest absolute Gasteiger partial charge is 0.383 e. The van der Waals surface area contributed by atoms with E-state index in [1.165, 1.54) is 40.0 Å². The molecular formula is C97H153Cl2F4N7. The standard InChI is InChI=1S/C15H25N.2C14H22ClN.2C14H22FN.2C13H20FN/c1-11(2)9-14-8-7-13(5)15(10-14)16(6)12(3)4;1-10(2)8-12-6-7-13(9-14(12)15)16(5)11(3)4;1-10(2)8-12-6-7-14(13(15)9-12)16(5)11(3)4;1-10(2)8-12-6-7-13(9-14(12)15)16(5)11(3)4;1-10(2)8-12-6-7-14(13(15)9-12)16(5)11(3)4;1-9(2)7-11-5-6-12(8-13(11)14)15-10(3)4;1-9(2)7-11-5-6-13(12(14)8-11)15-10(3)4/h7-8,10-12H,9H2,1-6H3;4*6-7,9-11H,8H2,1-5H3;2*5-6,8-10,15H,7H2,1-4H3. The molecular weight excluding hydrogens is 1410 g/mol. The van der Waals surface area contributed by atoms with Crippen LogP contribution in [0.25, 0.3) is 0 Å². The first-order chi connectivity index (χ1) is 51.0. The van der Waals surface area contributed by atoms with Crippen molar-refractivity contribution in [2.45, 2.75) is 288 Å². The highest BCUT2D eigenvalue weighted by Crippen LogP contribution is 2.31. The molecule has 0 radical (unpaired) electrons. The van der Waals surface area contributed by atoms with E-state index in [1.54, 1.807) is 24.3 Å². The topological polar surface area (TPSA) is 40.3 Å². The lowest BCUT2D eigenvalue weighted by atomic mass is 10.00. The monoisotopic (exact) mass is 1560 g/mol. The molecule has 2 N–H and O–H groups in total. The molecule has 0 spiro atoms. The van der Waals surface area contributed by atoms with Crippen LogP contribution in [0.1, 0.15) is 238 Å². The summed E-state index contributed by atoms with van der Waals surface area (Å²) in [5.41, 5.74) is 15.9. The summed E-state index contributed by atoms with van der Waals surface area (Å²) in [4.78, 5) is 10.8. The normalized spacial score (nSPS) is 11.2. The maximum Gasteiger partial charge on any atom is 0.146 e. The summed E-state index contributed by atoms with van der Waals surface area (Å²) in [6.07, 6.45) is 6.77. The summed E-state index contributed by atoms with van der Waals surface area (Å²) in [6.45, 7) is 62.1. The van der Waals surface area contributed by atoms with E-state index in [1.807, 2.05) is 95.2 Å². The van der Waals surface area contributed by atoms with Crippen LogP contribution in [0.5, 0.6) is 0 Å². The van der Waals surface area contributed by atoms with Gasteiger partial charge in [0, 0.05) is 105 Å². The first-order valence-corrected chi connectivity index (χ1v) is 41.8. The number of nitrogens with zero attached hydrogens (tertiary/aromatic N) is 5. The molecule has 7 aromatic rings. The highest BCUT2D eigenvalue weighted by molar-refractivity contribution is 6.33. The first-order valence-electron chi connectivity index (χ1n) is 41.0. The Morgan fingerprint density at radius 3 is 0.991 bits per heavy atom. The number of halogens is 6. The molecule has 13 heteroatoms. The van der Waals surface area contributed by atoms with E-state index in [0.29, 0.717) is 83.1 Å². The molecule has 618 valence electrons. The Bertz CT molecular complexity index is 3500. The fourth-order valence-corrected chi connectivity index (χ4v) is 12.4. The van der Waals surface area contributed by atoms with Crippen molar-refractivity contribution in [1.29, 1.82) is 0 Å². The minimum atomic E-state index is -0.151. The number of aryl methyl sites for hydroxylation is 1. The molecule has 110 heavy (non-hydrogen) atoms. The maximum atomic E-state index is 13.9. The van der Waals surface area contributed by atoms with Gasteiger partial charge in [-0.2, -0.15) is 0 Å². The predicted octanol–water partition coefficient (Wildman–Crippen LogP) is 28.2. The van der Waals surface area contributed by atoms with Crippen LogP contribution in [-0.2, 0) is 44.9 Å². The molecule has 0 bridgehead atoms. The molecule has 0 aliphatic heterocycles. The Morgan fingerprint density at radius 2 is 0.618 bits per heavy atom. The summed E-state index contributed by atoms with van der Waals surface area (Å²) in [5.74, 6) is 3.69. The van der Waals surface area contributed by atoms with Crippen molar-refractivity contribution in [3.05, 3.63) is 205 Å². The molecule has 0 saturated heterocycles. The SMILES string of the molecule is CC(C)Cc1ccc(N(C)C(C)C)c(Cl)c1.CC(C)Cc1ccc(N(C)C(C)C)c(F)c1.CC(C)Cc1ccc(N(C)C(C)C)cc1Cl.CC(C)Cc1ccc(N(C)C(C)C)cc1F.CC(C)Cc1ccc(NC(C)C)c(F)c1.CC(C)Cc1ccc(NC(C)C)cc1F.Cc1ccc(CC(C)C)cc1N(C)C(C)C. The Hall–Kier alpha value is -6.56. The molecule has 7 rings (SSSR count). The molecule has 0 aliphatic carbocycles. The summed E-state index contributed by atoms with van der Waals surface area (Å²) >= 11 is 12.6. The second kappa shape index (κ2) is 51.2. The molecule has 0 heterocycles. The molecule has 0 atom stereocenters. The molecule has 0 aromatic heterocycles. The van der Waals surface area contributed by atoms with Gasteiger partial charge < -0.3 is 35.1 Å². The van der Waals surface area contributed by atoms with E-state index in [4.69, 9.17) is 23.2 Å². The van der Waals surface area contributed by atoms with Crippen LogP contribution in [-0.4, -0.2) is 77.5 Å². The predicted molar refractivity (Wildman–Crippen MR) is 485 cm³/mol. The second-order valence-electron chi connectivity index (χ2n) is 35.2. The Morgan fingerprint density at radius 1 is 0.282 bits per heavy atom. The zero-order valence-electron chi connectivity index (χ0n) is 75.2. The molecule has 0 amide bonds. The van der Waals surface area contributed by atoms with E-state index in [2.05, 4.69) is 279 Å². The van der Waals surface area contributed by atoms with E-state index < -0.39 is 0 Å². The number of hydrogen-bond donors (Lipinski definition) is 2. The van der Waals surface area contributed by atoms with Crippen molar-refractivity contribution < 1.29 is 17.6 Å². The van der Waals surface area contributed by atoms with Crippen LogP contribution >= 0.6 is 23.2 Å². The summed E-state index contributed by atoms with van der Waals surface area (Å²) in [6, 6.07) is 44.4. The quantitative estimate of drug-likeness (QED) is 0.0474. The number of hydrogen-bond acceptors (Lipinski definition) is 7. The molecule has 0 aliphatic rings. The molecule has 0 fully saturated rings. The van der Waals surface area contributed by atoms with Crippen molar-refractivity contribution in [3.63, 3.8) is 0 Å². The van der Waals surface area contributed by atoms with Gasteiger partial charge in [-0.05, 0) is 314 Å². The van der Waals surface area contributed by atoms with Gasteiger partial charge in [-0.15, -0.1) is 0 Å². The van der Waals surface area contributed by atoms with Gasteiger partial charge in [0.05, 0.1) is 22.1 Å². The van der Waals surface area contributed by atoms with Gasteiger partial charge in [0.2, 0.25) is 0 Å². The molecule has 7 aromatic carbocycles. The fraction of sp³-hybridized carbons (Fsp3) is 0.567. The lowest BCUT2D eigenvalue weighted by Gasteiger charge is -2.26. The van der Waals surface area contributed by atoms with Gasteiger partial charge in [0.1, 0.15) is 23.3 Å². The van der Waals surface area contributed by atoms with Crippen molar-refractivity contribution in [1.82, 2.24) is 0 Å². The highest BCUT2D eigenvalue weighted by Gasteiger charge is 2.17. The van der Waals surface area contributed by atoms with Gasteiger partial charge in [0.25, 0.3) is 0 Å². The molecule has 0 unspecified atom stereocenters. The average molecular weight is 1560 g/mol. The zero-order valence-corrected chi connectivity index (χ0v) is 76.7. The van der Waals surface area contributed by atoms with Crippen LogP contribution in [0.4, 0.5) is 57.4 Å². The third kappa shape index (κ3) is 39.8. The third-order valence-electron chi connectivity index (χ3n) is 18.6.